The molecule has 0 spiro atoms. The third-order valence-electron chi connectivity index (χ3n) is 19.3. The van der Waals surface area contributed by atoms with Gasteiger partial charge in [0.25, 0.3) is 0 Å². The lowest BCUT2D eigenvalue weighted by Crippen LogP contribution is -2.30. The molecule has 2 unspecified atom stereocenters. The molecule has 0 radical (unpaired) electrons. The SMILES string of the molecule is CCCCCCCCCCCCCCCCCCCCCCCC(=O)O[C@H](COC(=O)CCCCCCCCCCCCCCCC(C)C)COP(=O)(O)OC[C@@H](O)COP(=O)(O)OC[C@@H](COC(=O)CCCCCCCCCC)OC(=O)CCCCCCCCCCCCCCCCCC. The maximum Gasteiger partial charge on any atom is 0.472 e. The summed E-state index contributed by atoms with van der Waals surface area (Å²) >= 11 is 0. The zero-order chi connectivity index (χ0) is 74.1. The molecule has 0 amide bonds. The van der Waals surface area contributed by atoms with Crippen LogP contribution in [0.15, 0.2) is 0 Å². The third-order valence-corrected chi connectivity index (χ3v) is 21.2. The van der Waals surface area contributed by atoms with Gasteiger partial charge in [0.05, 0.1) is 26.4 Å². The number of phosphoric acid groups is 2. The number of carbonyl (C=O) groups is 4. The molecule has 0 aliphatic heterocycles. The van der Waals surface area contributed by atoms with Crippen LogP contribution in [0.3, 0.4) is 0 Å². The summed E-state index contributed by atoms with van der Waals surface area (Å²) in [6.07, 6.45) is 66.7. The minimum Gasteiger partial charge on any atom is -0.462 e. The highest BCUT2D eigenvalue weighted by Gasteiger charge is 2.30. The number of hydrogen-bond acceptors (Lipinski definition) is 15. The minimum atomic E-state index is -4.96. The van der Waals surface area contributed by atoms with Gasteiger partial charge in [0, 0.05) is 25.7 Å². The average molecular weight is 1480 g/mol. The molecular weight excluding hydrogens is 1320 g/mol. The van der Waals surface area contributed by atoms with Gasteiger partial charge in [0.1, 0.15) is 19.3 Å². The second kappa shape index (κ2) is 74.9. The van der Waals surface area contributed by atoms with Crippen LogP contribution >= 0.6 is 15.6 Å². The minimum absolute atomic E-state index is 0.109. The van der Waals surface area contributed by atoms with Gasteiger partial charge in [-0.15, -0.1) is 0 Å². The van der Waals surface area contributed by atoms with Crippen molar-refractivity contribution in [3.8, 4) is 0 Å². The molecule has 0 rings (SSSR count). The van der Waals surface area contributed by atoms with Gasteiger partial charge in [0.15, 0.2) is 12.2 Å². The summed E-state index contributed by atoms with van der Waals surface area (Å²) in [4.78, 5) is 73.0. The van der Waals surface area contributed by atoms with Crippen molar-refractivity contribution in [3.63, 3.8) is 0 Å². The molecular formula is C82H160O17P2. The lowest BCUT2D eigenvalue weighted by atomic mass is 10.0. The van der Waals surface area contributed by atoms with Crippen LogP contribution in [0.2, 0.25) is 0 Å². The number of aliphatic hydroxyl groups excluding tert-OH is 1. The molecule has 0 bridgehead atoms. The van der Waals surface area contributed by atoms with E-state index in [0.29, 0.717) is 25.7 Å². The summed E-state index contributed by atoms with van der Waals surface area (Å²) in [5.41, 5.74) is 0. The zero-order valence-electron chi connectivity index (χ0n) is 66.1. The van der Waals surface area contributed by atoms with Crippen molar-refractivity contribution in [2.45, 2.75) is 457 Å². The van der Waals surface area contributed by atoms with Crippen LogP contribution in [0, 0.1) is 5.92 Å². The number of aliphatic hydroxyl groups is 1. The van der Waals surface area contributed by atoms with Gasteiger partial charge in [0.2, 0.25) is 0 Å². The number of esters is 4. The number of carbonyl (C=O) groups excluding carboxylic acids is 4. The van der Waals surface area contributed by atoms with Gasteiger partial charge >= 0.3 is 39.5 Å². The predicted octanol–water partition coefficient (Wildman–Crippen LogP) is 24.8. The molecule has 0 aromatic carbocycles. The van der Waals surface area contributed by atoms with Gasteiger partial charge in [-0.3, -0.25) is 37.3 Å². The first-order valence-electron chi connectivity index (χ1n) is 42.6. The Morgan fingerprint density at radius 1 is 0.267 bits per heavy atom. The first kappa shape index (κ1) is 99.1. The summed E-state index contributed by atoms with van der Waals surface area (Å²) in [5, 5.41) is 10.6. The fraction of sp³-hybridized carbons (Fsp3) is 0.951. The highest BCUT2D eigenvalue weighted by molar-refractivity contribution is 7.47. The first-order chi connectivity index (χ1) is 49.0. The van der Waals surface area contributed by atoms with Gasteiger partial charge in [-0.1, -0.05) is 388 Å². The quantitative estimate of drug-likeness (QED) is 0.0222. The monoisotopic (exact) mass is 1480 g/mol. The summed E-state index contributed by atoms with van der Waals surface area (Å²) in [6, 6.07) is 0. The van der Waals surface area contributed by atoms with Crippen LogP contribution in [0.4, 0.5) is 0 Å². The molecule has 0 heterocycles. The van der Waals surface area contributed by atoms with Crippen LogP contribution < -0.4 is 0 Å². The normalized spacial score (nSPS) is 13.8. The molecule has 0 saturated carbocycles. The van der Waals surface area contributed by atoms with E-state index in [1.54, 1.807) is 0 Å². The number of phosphoric ester groups is 2. The lowest BCUT2D eigenvalue weighted by molar-refractivity contribution is -0.161. The molecule has 0 aromatic heterocycles. The van der Waals surface area contributed by atoms with Crippen LogP contribution in [0.1, 0.15) is 439 Å². The maximum absolute atomic E-state index is 13.1. The second-order valence-electron chi connectivity index (χ2n) is 30.0. The number of rotatable bonds is 82. The molecule has 5 atom stereocenters. The molecule has 3 N–H and O–H groups in total. The Hall–Kier alpha value is -1.94. The molecule has 0 saturated heterocycles. The van der Waals surface area contributed by atoms with E-state index in [1.165, 1.54) is 263 Å². The standard InChI is InChI=1S/C82H160O17P2/c1-6-9-12-15-18-21-23-25-27-29-30-31-32-33-35-39-44-48-53-58-63-68-82(87)99-78(72-93-80(85)66-61-56-51-46-42-40-36-37-41-45-49-54-59-64-75(4)5)74-97-101(90,91)95-70-76(83)69-94-100(88,89)96-73-77(71-92-79(84)65-60-55-50-20-17-14-11-8-3)98-81(86)67-62-57-52-47-43-38-34-28-26-24-22-19-16-13-10-7-2/h75-78,83H,6-74H2,1-5H3,(H,88,89)(H,90,91)/t76-,77+,78+/m0/s1. The van der Waals surface area contributed by atoms with Gasteiger partial charge in [-0.2, -0.15) is 0 Å². The molecule has 0 fully saturated rings. The first-order valence-corrected chi connectivity index (χ1v) is 45.6. The predicted molar refractivity (Wildman–Crippen MR) is 414 cm³/mol. The van der Waals surface area contributed by atoms with Crippen molar-refractivity contribution in [1.29, 1.82) is 0 Å². The fourth-order valence-corrected chi connectivity index (χ4v) is 14.3. The molecule has 0 aliphatic rings. The molecule has 0 aromatic rings. The van der Waals surface area contributed by atoms with Crippen LogP contribution in [-0.2, 0) is 65.4 Å². The van der Waals surface area contributed by atoms with Crippen molar-refractivity contribution in [3.05, 3.63) is 0 Å². The van der Waals surface area contributed by atoms with Crippen LogP contribution in [-0.4, -0.2) is 96.7 Å². The van der Waals surface area contributed by atoms with Crippen LogP contribution in [0.5, 0.6) is 0 Å². The van der Waals surface area contributed by atoms with E-state index in [-0.39, 0.29) is 25.7 Å². The van der Waals surface area contributed by atoms with E-state index < -0.39 is 97.5 Å². The Morgan fingerprint density at radius 2 is 0.455 bits per heavy atom. The lowest BCUT2D eigenvalue weighted by Gasteiger charge is -2.21. The van der Waals surface area contributed by atoms with Crippen molar-refractivity contribution in [2.24, 2.45) is 5.92 Å². The highest BCUT2D eigenvalue weighted by Crippen LogP contribution is 2.45. The Bertz CT molecular complexity index is 1930. The Morgan fingerprint density at radius 3 is 0.673 bits per heavy atom. The van der Waals surface area contributed by atoms with E-state index in [2.05, 4.69) is 34.6 Å². The van der Waals surface area contributed by atoms with E-state index in [4.69, 9.17) is 37.0 Å². The Kier molecular flexibility index (Phi) is 73.5. The highest BCUT2D eigenvalue weighted by atomic mass is 31.2. The number of unbranched alkanes of at least 4 members (excludes halogenated alkanes) is 54. The topological polar surface area (TPSA) is 237 Å². The number of ether oxygens (including phenoxy) is 4. The van der Waals surface area contributed by atoms with Crippen molar-refractivity contribution in [2.75, 3.05) is 39.6 Å². The van der Waals surface area contributed by atoms with Crippen molar-refractivity contribution >= 4 is 39.5 Å². The summed E-state index contributed by atoms with van der Waals surface area (Å²) in [5.74, 6) is -1.32. The molecule has 101 heavy (non-hydrogen) atoms. The molecule has 17 nitrogen and oxygen atoms in total. The van der Waals surface area contributed by atoms with Gasteiger partial charge in [-0.05, 0) is 31.6 Å². The Balaban J connectivity index is 5.19. The molecule has 600 valence electrons. The summed E-state index contributed by atoms with van der Waals surface area (Å²) in [7, 11) is -9.92. The number of hydrogen-bond donors (Lipinski definition) is 3. The van der Waals surface area contributed by atoms with Gasteiger partial charge < -0.3 is 33.8 Å². The summed E-state index contributed by atoms with van der Waals surface area (Å²) in [6.45, 7) is 7.33. The fourth-order valence-electron chi connectivity index (χ4n) is 12.8. The molecule has 0 aliphatic carbocycles. The molecule has 19 heteroatoms. The maximum atomic E-state index is 13.1. The largest absolute Gasteiger partial charge is 0.472 e. The van der Waals surface area contributed by atoms with Crippen LogP contribution in [0.25, 0.3) is 0 Å². The van der Waals surface area contributed by atoms with E-state index in [9.17, 15) is 43.2 Å². The van der Waals surface area contributed by atoms with E-state index in [1.807, 2.05) is 0 Å². The second-order valence-corrected chi connectivity index (χ2v) is 32.9. The zero-order valence-corrected chi connectivity index (χ0v) is 67.8. The smallest absolute Gasteiger partial charge is 0.462 e. The van der Waals surface area contributed by atoms with Crippen molar-refractivity contribution in [1.82, 2.24) is 0 Å². The van der Waals surface area contributed by atoms with Gasteiger partial charge in [-0.25, -0.2) is 9.13 Å². The Labute approximate surface area is 619 Å². The average Bonchev–Trinajstić information content (AvgIpc) is 1.06. The third kappa shape index (κ3) is 76.1. The van der Waals surface area contributed by atoms with E-state index in [0.717, 1.165) is 95.8 Å². The van der Waals surface area contributed by atoms with E-state index >= 15 is 0 Å². The summed E-state index contributed by atoms with van der Waals surface area (Å²) < 4.78 is 68.7. The van der Waals surface area contributed by atoms with Crippen molar-refractivity contribution < 1.29 is 80.2 Å².